The molecule has 0 unspecified atom stereocenters. The molecule has 0 radical (unpaired) electrons. The lowest BCUT2D eigenvalue weighted by atomic mass is 10.2. The number of para-hydroxylation sites is 1. The summed E-state index contributed by atoms with van der Waals surface area (Å²) in [7, 11) is -4.43. The van der Waals surface area contributed by atoms with E-state index in [2.05, 4.69) is 15.5 Å². The zero-order valence-corrected chi connectivity index (χ0v) is 16.6. The van der Waals surface area contributed by atoms with Crippen LogP contribution in [0.25, 0.3) is 0 Å². The molecule has 0 spiro atoms. The number of carbonyl (C=O) groups excluding carboxylic acids is 1. The summed E-state index contributed by atoms with van der Waals surface area (Å²) < 4.78 is 53.0. The third-order valence-corrected chi connectivity index (χ3v) is 6.34. The van der Waals surface area contributed by atoms with Crippen molar-refractivity contribution in [3.63, 3.8) is 0 Å². The Labute approximate surface area is 171 Å². The quantitative estimate of drug-likeness (QED) is 0.551. The molecule has 0 aliphatic rings. The van der Waals surface area contributed by atoms with E-state index in [0.29, 0.717) is 16.4 Å². The van der Waals surface area contributed by atoms with Gasteiger partial charge in [-0.3, -0.25) is 14.8 Å². The molecule has 3 rings (SSSR count). The maximum atomic E-state index is 13.6. The Balaban J connectivity index is 1.80. The van der Waals surface area contributed by atoms with Gasteiger partial charge in [0.2, 0.25) is 5.13 Å². The van der Waals surface area contributed by atoms with E-state index in [-0.39, 0.29) is 15.7 Å². The van der Waals surface area contributed by atoms with Crippen molar-refractivity contribution in [2.45, 2.75) is 4.34 Å². The number of benzene rings is 2. The van der Waals surface area contributed by atoms with Crippen molar-refractivity contribution < 1.29 is 22.0 Å². The van der Waals surface area contributed by atoms with Crippen molar-refractivity contribution in [2.75, 3.05) is 10.0 Å². The van der Waals surface area contributed by atoms with E-state index in [4.69, 9.17) is 23.2 Å². The van der Waals surface area contributed by atoms with Crippen LogP contribution in [0.5, 0.6) is 0 Å². The number of rotatable bonds is 5. The van der Waals surface area contributed by atoms with Crippen LogP contribution in [-0.2, 0) is 10.0 Å². The second-order valence-corrected chi connectivity index (χ2v) is 8.83. The summed E-state index contributed by atoms with van der Waals surface area (Å²) in [5, 5.41) is 9.56. The highest BCUT2D eigenvalue weighted by molar-refractivity contribution is 7.94. The van der Waals surface area contributed by atoms with Crippen LogP contribution in [0.3, 0.4) is 0 Å². The fourth-order valence-corrected chi connectivity index (χ4v) is 4.45. The summed E-state index contributed by atoms with van der Waals surface area (Å²) in [6.07, 6.45) is 0. The smallest absolute Gasteiger partial charge is 0.291 e. The van der Waals surface area contributed by atoms with E-state index >= 15 is 0 Å². The first kappa shape index (κ1) is 20.4. The second-order valence-electron chi connectivity index (χ2n) is 5.15. The van der Waals surface area contributed by atoms with Crippen molar-refractivity contribution in [1.82, 2.24) is 10.2 Å². The summed E-state index contributed by atoms with van der Waals surface area (Å²) in [6, 6.07) is 7.06. The number of halogens is 4. The molecule has 1 aromatic heterocycles. The van der Waals surface area contributed by atoms with Gasteiger partial charge in [0.1, 0.15) is 17.3 Å². The predicted molar refractivity (Wildman–Crippen MR) is 101 cm³/mol. The average molecular weight is 465 g/mol. The topological polar surface area (TPSA) is 101 Å². The Morgan fingerprint density at radius 2 is 1.75 bits per heavy atom. The van der Waals surface area contributed by atoms with Gasteiger partial charge < -0.3 is 0 Å². The minimum Gasteiger partial charge on any atom is -0.296 e. The predicted octanol–water partition coefficient (Wildman–Crippen LogP) is 4.18. The van der Waals surface area contributed by atoms with Gasteiger partial charge in [-0.05, 0) is 30.3 Å². The van der Waals surface area contributed by atoms with Gasteiger partial charge in [0.05, 0.1) is 10.6 Å². The molecule has 7 nitrogen and oxygen atoms in total. The van der Waals surface area contributed by atoms with Crippen LogP contribution in [0.15, 0.2) is 40.7 Å². The van der Waals surface area contributed by atoms with Gasteiger partial charge in [-0.1, -0.05) is 40.6 Å². The number of nitrogens with one attached hydrogen (secondary N) is 2. The summed E-state index contributed by atoms with van der Waals surface area (Å²) in [6.45, 7) is 0. The van der Waals surface area contributed by atoms with Gasteiger partial charge in [0, 0.05) is 5.02 Å². The minimum absolute atomic E-state index is 0.0808. The maximum Gasteiger partial charge on any atom is 0.291 e. The van der Waals surface area contributed by atoms with E-state index in [1.54, 1.807) is 4.72 Å². The zero-order valence-electron chi connectivity index (χ0n) is 13.4. The van der Waals surface area contributed by atoms with E-state index in [1.807, 2.05) is 0 Å². The molecule has 0 aliphatic heterocycles. The molecule has 28 heavy (non-hydrogen) atoms. The highest BCUT2D eigenvalue weighted by atomic mass is 35.5. The molecule has 1 amide bonds. The van der Waals surface area contributed by atoms with Gasteiger partial charge in [-0.25, -0.2) is 8.78 Å². The van der Waals surface area contributed by atoms with Crippen LogP contribution in [-0.4, -0.2) is 24.5 Å². The van der Waals surface area contributed by atoms with Gasteiger partial charge in [-0.2, -0.15) is 8.42 Å². The Kier molecular flexibility index (Phi) is 5.79. The Morgan fingerprint density at radius 1 is 1.07 bits per heavy atom. The van der Waals surface area contributed by atoms with Crippen molar-refractivity contribution in [1.29, 1.82) is 0 Å². The summed E-state index contributed by atoms with van der Waals surface area (Å²) in [5.74, 6) is -2.87. The van der Waals surface area contributed by atoms with E-state index in [9.17, 15) is 22.0 Å². The van der Waals surface area contributed by atoms with Crippen LogP contribution in [0.1, 0.15) is 10.4 Å². The van der Waals surface area contributed by atoms with Gasteiger partial charge >= 0.3 is 0 Å². The van der Waals surface area contributed by atoms with Crippen LogP contribution < -0.4 is 10.0 Å². The molecule has 0 atom stereocenters. The molecule has 0 fully saturated rings. The lowest BCUT2D eigenvalue weighted by Crippen LogP contribution is -2.15. The number of hydrogen-bond donors (Lipinski definition) is 2. The number of aromatic nitrogens is 2. The fraction of sp³-hybridized carbons (Fsp3) is 0. The van der Waals surface area contributed by atoms with Gasteiger partial charge in [0.25, 0.3) is 20.3 Å². The second kappa shape index (κ2) is 7.95. The van der Waals surface area contributed by atoms with Crippen molar-refractivity contribution in [3.8, 4) is 0 Å². The number of hydrogen-bond acceptors (Lipinski definition) is 6. The Hall–Kier alpha value is -2.34. The van der Waals surface area contributed by atoms with Crippen LogP contribution >= 0.6 is 34.5 Å². The highest BCUT2D eigenvalue weighted by Gasteiger charge is 2.24. The lowest BCUT2D eigenvalue weighted by molar-refractivity contribution is 0.102. The molecular weight excluding hydrogens is 457 g/mol. The van der Waals surface area contributed by atoms with Crippen LogP contribution in [0.4, 0.5) is 19.6 Å². The van der Waals surface area contributed by atoms with Crippen LogP contribution in [0.2, 0.25) is 10.0 Å². The zero-order chi connectivity index (χ0) is 20.5. The number of carbonyl (C=O) groups is 1. The van der Waals surface area contributed by atoms with E-state index in [0.717, 1.165) is 18.2 Å². The third kappa shape index (κ3) is 4.38. The van der Waals surface area contributed by atoms with Gasteiger partial charge in [0.15, 0.2) is 0 Å². The van der Waals surface area contributed by atoms with E-state index in [1.165, 1.54) is 18.2 Å². The first-order valence-electron chi connectivity index (χ1n) is 7.24. The Bertz CT molecular complexity index is 1150. The maximum absolute atomic E-state index is 13.6. The summed E-state index contributed by atoms with van der Waals surface area (Å²) in [5.41, 5.74) is -0.770. The van der Waals surface area contributed by atoms with E-state index < -0.39 is 37.6 Å². The lowest BCUT2D eigenvalue weighted by Gasteiger charge is -2.07. The minimum atomic E-state index is -4.43. The fourth-order valence-electron chi connectivity index (χ4n) is 1.98. The number of nitrogens with zero attached hydrogens (tertiary/aromatic N) is 2. The molecule has 146 valence electrons. The molecule has 0 saturated heterocycles. The molecule has 1 heterocycles. The highest BCUT2D eigenvalue weighted by Crippen LogP contribution is 2.27. The Morgan fingerprint density at radius 3 is 2.39 bits per heavy atom. The molecular formula is C15H8Cl2F2N4O3S2. The largest absolute Gasteiger partial charge is 0.296 e. The number of sulfonamides is 1. The first-order chi connectivity index (χ1) is 13.2. The van der Waals surface area contributed by atoms with Crippen molar-refractivity contribution in [2.24, 2.45) is 0 Å². The van der Waals surface area contributed by atoms with Crippen LogP contribution in [0, 0.1) is 11.6 Å². The number of amides is 1. The SMILES string of the molecule is O=C(Nc1nnc(S(=O)(=O)Nc2c(F)cccc2F)s1)c1ccc(Cl)cc1Cl. The van der Waals surface area contributed by atoms with Crippen molar-refractivity contribution >= 4 is 61.3 Å². The van der Waals surface area contributed by atoms with Crippen molar-refractivity contribution in [3.05, 3.63) is 63.6 Å². The molecule has 0 aliphatic carbocycles. The molecule has 13 heteroatoms. The normalized spacial score (nSPS) is 11.3. The molecule has 3 aromatic rings. The molecule has 2 N–H and O–H groups in total. The molecule has 2 aromatic carbocycles. The number of anilines is 2. The summed E-state index contributed by atoms with van der Waals surface area (Å²) in [4.78, 5) is 12.2. The molecule has 0 bridgehead atoms. The monoisotopic (exact) mass is 464 g/mol. The standard InChI is InChI=1S/C15H8Cl2F2N4O3S2/c16-7-4-5-8(9(17)6-7)13(24)20-14-21-22-15(27-14)28(25,26)23-12-10(18)2-1-3-11(12)19/h1-6,23H,(H,20,21,24). The molecule has 0 saturated carbocycles. The third-order valence-electron chi connectivity index (χ3n) is 3.23. The average Bonchev–Trinajstić information content (AvgIpc) is 3.07. The summed E-state index contributed by atoms with van der Waals surface area (Å²) >= 11 is 12.2. The first-order valence-corrected chi connectivity index (χ1v) is 10.3. The van der Waals surface area contributed by atoms with Gasteiger partial charge in [-0.15, -0.1) is 10.2 Å².